The van der Waals surface area contributed by atoms with Gasteiger partial charge in [0.25, 0.3) is 0 Å². The Morgan fingerprint density at radius 2 is 1.64 bits per heavy atom. The van der Waals surface area contributed by atoms with Crippen molar-refractivity contribution in [3.8, 4) is 11.1 Å². The Bertz CT molecular complexity index is 1300. The molecule has 5 heterocycles. The van der Waals surface area contributed by atoms with Gasteiger partial charge in [-0.1, -0.05) is 0 Å². The summed E-state index contributed by atoms with van der Waals surface area (Å²) >= 11 is 0. The first-order chi connectivity index (χ1) is 16.0. The maximum atomic E-state index is 13.0. The minimum absolute atomic E-state index is 0.0238. The maximum Gasteiger partial charge on any atom is 0.169 e. The van der Waals surface area contributed by atoms with Crippen molar-refractivity contribution < 1.29 is 4.79 Å². The zero-order valence-electron chi connectivity index (χ0n) is 18.8. The Kier molecular flexibility index (Phi) is 5.75. The third-order valence-corrected chi connectivity index (χ3v) is 5.97. The standard InChI is InChI=1S/C25H25N7O/c1-17-27-14-21(15-28-17)20-9-19-10-22(29-16-23(19)30-13-20)12-24(33)18-3-4-26-25(11-18)32-7-5-31(2)6-8-32/h3-4,9-11,13-16H,5-8,12H2,1-2H3. The van der Waals surface area contributed by atoms with Crippen LogP contribution < -0.4 is 4.90 Å². The highest BCUT2D eigenvalue weighted by Crippen LogP contribution is 2.22. The first kappa shape index (κ1) is 21.1. The third kappa shape index (κ3) is 4.70. The largest absolute Gasteiger partial charge is 0.354 e. The molecule has 0 N–H and O–H groups in total. The molecule has 0 amide bonds. The molecule has 0 aromatic carbocycles. The van der Waals surface area contributed by atoms with Crippen LogP contribution in [0.2, 0.25) is 0 Å². The minimum Gasteiger partial charge on any atom is -0.354 e. The van der Waals surface area contributed by atoms with E-state index in [4.69, 9.17) is 0 Å². The number of nitrogens with zero attached hydrogens (tertiary/aromatic N) is 7. The van der Waals surface area contributed by atoms with E-state index >= 15 is 0 Å². The summed E-state index contributed by atoms with van der Waals surface area (Å²) in [5.41, 5.74) is 3.98. The molecule has 4 aromatic heterocycles. The lowest BCUT2D eigenvalue weighted by molar-refractivity contribution is 0.0992. The number of aryl methyl sites for hydroxylation is 1. The molecule has 1 aliphatic rings. The molecule has 1 saturated heterocycles. The Balaban J connectivity index is 1.36. The van der Waals surface area contributed by atoms with Gasteiger partial charge in [0.05, 0.1) is 18.1 Å². The van der Waals surface area contributed by atoms with Crippen molar-refractivity contribution in [2.24, 2.45) is 0 Å². The van der Waals surface area contributed by atoms with Crippen LogP contribution >= 0.6 is 0 Å². The summed E-state index contributed by atoms with van der Waals surface area (Å²) in [5, 5.41) is 0.929. The zero-order chi connectivity index (χ0) is 22.8. The number of anilines is 1. The molecule has 1 aliphatic heterocycles. The highest BCUT2D eigenvalue weighted by Gasteiger charge is 2.17. The van der Waals surface area contributed by atoms with Gasteiger partial charge in [-0.2, -0.15) is 0 Å². The van der Waals surface area contributed by atoms with Gasteiger partial charge in [-0.05, 0) is 38.2 Å². The van der Waals surface area contributed by atoms with Gasteiger partial charge < -0.3 is 9.80 Å². The molecule has 0 aliphatic carbocycles. The Hall–Kier alpha value is -3.78. The number of likely N-dealkylation sites (N-methyl/N-ethyl adjacent to an activating group) is 1. The van der Waals surface area contributed by atoms with Crippen LogP contribution in [0.25, 0.3) is 22.0 Å². The SMILES string of the molecule is Cc1ncc(-c2cnc3cnc(CC(=O)c4ccnc(N5CCN(C)CC5)c4)cc3c2)cn1. The molecule has 1 fully saturated rings. The van der Waals surface area contributed by atoms with E-state index in [0.29, 0.717) is 11.3 Å². The second-order valence-corrected chi connectivity index (χ2v) is 8.40. The van der Waals surface area contributed by atoms with Gasteiger partial charge in [0.1, 0.15) is 11.6 Å². The third-order valence-electron chi connectivity index (χ3n) is 5.97. The van der Waals surface area contributed by atoms with Gasteiger partial charge >= 0.3 is 0 Å². The molecule has 0 bridgehead atoms. The molecular weight excluding hydrogens is 414 g/mol. The second-order valence-electron chi connectivity index (χ2n) is 8.40. The fraction of sp³-hybridized carbons (Fsp3) is 0.280. The van der Waals surface area contributed by atoms with Crippen LogP contribution in [0, 0.1) is 6.92 Å². The zero-order valence-corrected chi connectivity index (χ0v) is 18.8. The molecule has 8 heteroatoms. The second kappa shape index (κ2) is 8.99. The summed E-state index contributed by atoms with van der Waals surface area (Å²) in [4.78, 5) is 39.5. The van der Waals surface area contributed by atoms with Crippen LogP contribution in [0.1, 0.15) is 21.9 Å². The lowest BCUT2D eigenvalue weighted by Gasteiger charge is -2.33. The number of rotatable bonds is 5. The van der Waals surface area contributed by atoms with E-state index in [2.05, 4.69) is 41.8 Å². The van der Waals surface area contributed by atoms with Crippen LogP contribution in [0.15, 0.2) is 55.2 Å². The van der Waals surface area contributed by atoms with Gasteiger partial charge in [0.2, 0.25) is 0 Å². The van der Waals surface area contributed by atoms with E-state index in [1.54, 1.807) is 37.1 Å². The molecule has 5 rings (SSSR count). The van der Waals surface area contributed by atoms with E-state index in [9.17, 15) is 4.79 Å². The van der Waals surface area contributed by atoms with Gasteiger partial charge in [-0.3, -0.25) is 14.8 Å². The summed E-state index contributed by atoms with van der Waals surface area (Å²) in [6.45, 7) is 5.66. The van der Waals surface area contributed by atoms with Crippen LogP contribution in [0.4, 0.5) is 5.82 Å². The van der Waals surface area contributed by atoms with Gasteiger partial charge in [-0.15, -0.1) is 0 Å². The number of hydrogen-bond donors (Lipinski definition) is 0. The molecule has 0 radical (unpaired) electrons. The van der Waals surface area contributed by atoms with Gasteiger partial charge in [0, 0.05) is 78.7 Å². The lowest BCUT2D eigenvalue weighted by atomic mass is 10.0. The Morgan fingerprint density at radius 1 is 0.879 bits per heavy atom. The molecule has 0 spiro atoms. The lowest BCUT2D eigenvalue weighted by Crippen LogP contribution is -2.44. The number of pyridine rings is 3. The van der Waals surface area contributed by atoms with Crippen molar-refractivity contribution in [1.82, 2.24) is 29.8 Å². The van der Waals surface area contributed by atoms with Crippen molar-refractivity contribution in [1.29, 1.82) is 0 Å². The first-order valence-electron chi connectivity index (χ1n) is 11.0. The smallest absolute Gasteiger partial charge is 0.169 e. The number of piperazine rings is 1. The van der Waals surface area contributed by atoms with E-state index in [1.165, 1.54) is 0 Å². The summed E-state index contributed by atoms with van der Waals surface area (Å²) in [6, 6.07) is 7.64. The monoisotopic (exact) mass is 439 g/mol. The number of hydrogen-bond acceptors (Lipinski definition) is 8. The van der Waals surface area contributed by atoms with Gasteiger partial charge in [-0.25, -0.2) is 15.0 Å². The minimum atomic E-state index is 0.0238. The summed E-state index contributed by atoms with van der Waals surface area (Å²) in [6.07, 6.45) is 9.03. The fourth-order valence-electron chi connectivity index (χ4n) is 3.94. The molecule has 8 nitrogen and oxygen atoms in total. The van der Waals surface area contributed by atoms with Crippen molar-refractivity contribution >= 4 is 22.5 Å². The molecule has 4 aromatic rings. The normalized spacial score (nSPS) is 14.5. The summed E-state index contributed by atoms with van der Waals surface area (Å²) in [7, 11) is 2.12. The number of ketones is 1. The van der Waals surface area contributed by atoms with Crippen molar-refractivity contribution in [2.45, 2.75) is 13.3 Å². The molecule has 0 atom stereocenters. The number of carbonyl (C=O) groups excluding carboxylic acids is 1. The van der Waals surface area contributed by atoms with Crippen LogP contribution in [0.3, 0.4) is 0 Å². The van der Waals surface area contributed by atoms with Crippen LogP contribution in [0.5, 0.6) is 0 Å². The summed E-state index contributed by atoms with van der Waals surface area (Å²) < 4.78 is 0. The van der Waals surface area contributed by atoms with Crippen molar-refractivity contribution in [3.05, 3.63) is 72.3 Å². The van der Waals surface area contributed by atoms with E-state index < -0.39 is 0 Å². The number of fused-ring (bicyclic) bond motifs is 1. The number of carbonyl (C=O) groups is 1. The maximum absolute atomic E-state index is 13.0. The first-order valence-corrected chi connectivity index (χ1v) is 11.0. The van der Waals surface area contributed by atoms with Crippen LogP contribution in [-0.4, -0.2) is 68.8 Å². The number of Topliss-reactive ketones (excluding diaryl/α,β-unsaturated/α-hetero) is 1. The quantitative estimate of drug-likeness (QED) is 0.439. The Morgan fingerprint density at radius 3 is 2.42 bits per heavy atom. The topological polar surface area (TPSA) is 88.0 Å². The highest BCUT2D eigenvalue weighted by molar-refractivity contribution is 5.98. The predicted molar refractivity (Wildman–Crippen MR) is 127 cm³/mol. The predicted octanol–water partition coefficient (Wildman–Crippen LogP) is 2.97. The fourth-order valence-corrected chi connectivity index (χ4v) is 3.94. The average molecular weight is 440 g/mol. The van der Waals surface area contributed by atoms with Gasteiger partial charge in [0.15, 0.2) is 5.78 Å². The number of aromatic nitrogens is 5. The molecule has 166 valence electrons. The molecule has 33 heavy (non-hydrogen) atoms. The van der Waals surface area contributed by atoms with Crippen LogP contribution in [-0.2, 0) is 6.42 Å². The highest BCUT2D eigenvalue weighted by atomic mass is 16.1. The van der Waals surface area contributed by atoms with Crippen molar-refractivity contribution in [3.63, 3.8) is 0 Å². The molecule has 0 unspecified atom stereocenters. The van der Waals surface area contributed by atoms with E-state index in [-0.39, 0.29) is 12.2 Å². The Labute approximate surface area is 192 Å². The molecular formula is C25H25N7O. The summed E-state index contributed by atoms with van der Waals surface area (Å²) in [5.74, 6) is 1.61. The average Bonchev–Trinajstić information content (AvgIpc) is 2.84. The van der Waals surface area contributed by atoms with E-state index in [1.807, 2.05) is 25.1 Å². The van der Waals surface area contributed by atoms with E-state index in [0.717, 1.165) is 59.9 Å². The van der Waals surface area contributed by atoms with Crippen molar-refractivity contribution in [2.75, 3.05) is 38.1 Å². The molecule has 0 saturated carbocycles.